The summed E-state index contributed by atoms with van der Waals surface area (Å²) in [6, 6.07) is 6.70. The van der Waals surface area contributed by atoms with Gasteiger partial charge in [0.2, 0.25) is 5.91 Å². The van der Waals surface area contributed by atoms with Crippen molar-refractivity contribution in [3.8, 4) is 5.75 Å². The van der Waals surface area contributed by atoms with Crippen molar-refractivity contribution in [3.63, 3.8) is 0 Å². The quantitative estimate of drug-likeness (QED) is 0.876. The Labute approximate surface area is 149 Å². The predicted octanol–water partition coefficient (Wildman–Crippen LogP) is 3.73. The third-order valence-electron chi connectivity index (χ3n) is 4.45. The first-order valence-electron chi connectivity index (χ1n) is 8.46. The van der Waals surface area contributed by atoms with Gasteiger partial charge >= 0.3 is 6.18 Å². The van der Waals surface area contributed by atoms with Gasteiger partial charge in [0.15, 0.2) is 0 Å². The molecule has 1 fully saturated rings. The van der Waals surface area contributed by atoms with Gasteiger partial charge in [0.25, 0.3) is 0 Å². The summed E-state index contributed by atoms with van der Waals surface area (Å²) < 4.78 is 43.5. The van der Waals surface area contributed by atoms with Crippen LogP contribution in [0, 0.1) is 0 Å². The highest BCUT2D eigenvalue weighted by atomic mass is 19.4. The SMILES string of the molecule is CC(=O)N1CCC[C@H]1c1cc(CCOc2cccc(C(F)(F)F)c2)[nH]n1. The van der Waals surface area contributed by atoms with Gasteiger partial charge < -0.3 is 9.64 Å². The van der Waals surface area contributed by atoms with Gasteiger partial charge in [0, 0.05) is 25.6 Å². The summed E-state index contributed by atoms with van der Waals surface area (Å²) in [6.45, 7) is 2.51. The molecule has 0 bridgehead atoms. The molecule has 1 saturated heterocycles. The standard InChI is InChI=1S/C18H20F3N3O2/c1-12(25)24-8-3-6-17(24)16-11-14(22-23-16)7-9-26-15-5-2-4-13(10-15)18(19,20)21/h2,4-5,10-11,17H,3,6-9H2,1H3,(H,22,23)/t17-/m0/s1. The molecule has 2 heterocycles. The Morgan fingerprint density at radius 2 is 2.19 bits per heavy atom. The molecule has 0 spiro atoms. The maximum Gasteiger partial charge on any atom is 0.416 e. The van der Waals surface area contributed by atoms with Gasteiger partial charge in [-0.15, -0.1) is 0 Å². The number of hydrogen-bond donors (Lipinski definition) is 1. The lowest BCUT2D eigenvalue weighted by Gasteiger charge is -2.21. The molecule has 2 aromatic rings. The van der Waals surface area contributed by atoms with Crippen LogP contribution in [0.15, 0.2) is 30.3 Å². The number of carbonyl (C=O) groups is 1. The van der Waals surface area contributed by atoms with Crippen LogP contribution in [-0.4, -0.2) is 34.2 Å². The largest absolute Gasteiger partial charge is 0.493 e. The lowest BCUT2D eigenvalue weighted by molar-refractivity contribution is -0.137. The summed E-state index contributed by atoms with van der Waals surface area (Å²) in [7, 11) is 0. The van der Waals surface area contributed by atoms with Crippen molar-refractivity contribution < 1.29 is 22.7 Å². The Hall–Kier alpha value is -2.51. The second-order valence-corrected chi connectivity index (χ2v) is 6.31. The summed E-state index contributed by atoms with van der Waals surface area (Å²) in [5, 5.41) is 7.20. The van der Waals surface area contributed by atoms with E-state index in [1.165, 1.54) is 12.1 Å². The van der Waals surface area contributed by atoms with Crippen LogP contribution in [0.4, 0.5) is 13.2 Å². The van der Waals surface area contributed by atoms with Crippen molar-refractivity contribution >= 4 is 5.91 Å². The molecule has 1 aliphatic heterocycles. The van der Waals surface area contributed by atoms with Gasteiger partial charge in [-0.3, -0.25) is 9.89 Å². The Morgan fingerprint density at radius 1 is 1.38 bits per heavy atom. The van der Waals surface area contributed by atoms with E-state index < -0.39 is 11.7 Å². The lowest BCUT2D eigenvalue weighted by atomic mass is 10.1. The molecule has 1 amide bonds. The maximum absolute atomic E-state index is 12.7. The zero-order valence-electron chi connectivity index (χ0n) is 14.3. The Kier molecular flexibility index (Phi) is 5.20. The van der Waals surface area contributed by atoms with E-state index in [2.05, 4.69) is 10.2 Å². The van der Waals surface area contributed by atoms with E-state index >= 15 is 0 Å². The number of halogens is 3. The number of benzene rings is 1. The van der Waals surface area contributed by atoms with Crippen molar-refractivity contribution in [2.45, 2.75) is 38.4 Å². The van der Waals surface area contributed by atoms with Crippen molar-refractivity contribution in [1.82, 2.24) is 15.1 Å². The molecule has 0 aliphatic carbocycles. The number of hydrogen-bond acceptors (Lipinski definition) is 3. The van der Waals surface area contributed by atoms with Gasteiger partial charge in [0.1, 0.15) is 5.75 Å². The van der Waals surface area contributed by atoms with Crippen LogP contribution in [0.1, 0.15) is 42.8 Å². The topological polar surface area (TPSA) is 58.2 Å². The minimum Gasteiger partial charge on any atom is -0.493 e. The van der Waals surface area contributed by atoms with E-state index in [-0.39, 0.29) is 24.3 Å². The van der Waals surface area contributed by atoms with Gasteiger partial charge in [-0.05, 0) is 37.1 Å². The Balaban J connectivity index is 1.57. The summed E-state index contributed by atoms with van der Waals surface area (Å²) in [5.41, 5.74) is 0.901. The van der Waals surface area contributed by atoms with Crippen LogP contribution in [0.2, 0.25) is 0 Å². The number of alkyl halides is 3. The summed E-state index contributed by atoms with van der Waals surface area (Å²) in [5.74, 6) is 0.211. The first kappa shape index (κ1) is 18.3. The number of nitrogens with zero attached hydrogens (tertiary/aromatic N) is 2. The first-order valence-corrected chi connectivity index (χ1v) is 8.46. The van der Waals surface area contributed by atoms with Gasteiger partial charge in [-0.2, -0.15) is 18.3 Å². The molecule has 1 atom stereocenters. The smallest absolute Gasteiger partial charge is 0.416 e. The molecule has 0 radical (unpaired) electrons. The van der Waals surface area contributed by atoms with Crippen LogP contribution in [0.25, 0.3) is 0 Å². The van der Waals surface area contributed by atoms with Gasteiger partial charge in [-0.1, -0.05) is 6.07 Å². The van der Waals surface area contributed by atoms with E-state index in [0.717, 1.165) is 42.9 Å². The number of nitrogens with one attached hydrogen (secondary N) is 1. The average Bonchev–Trinajstić information content (AvgIpc) is 3.23. The van der Waals surface area contributed by atoms with Gasteiger partial charge in [-0.25, -0.2) is 0 Å². The molecule has 8 heteroatoms. The number of amides is 1. The molecule has 0 saturated carbocycles. The van der Waals surface area contributed by atoms with E-state index in [9.17, 15) is 18.0 Å². The zero-order chi connectivity index (χ0) is 18.7. The molecule has 0 unspecified atom stereocenters. The summed E-state index contributed by atoms with van der Waals surface area (Å²) >= 11 is 0. The molecule has 1 N–H and O–H groups in total. The highest BCUT2D eigenvalue weighted by Gasteiger charge is 2.31. The predicted molar refractivity (Wildman–Crippen MR) is 88.6 cm³/mol. The number of ether oxygens (including phenoxy) is 1. The monoisotopic (exact) mass is 367 g/mol. The molecule has 5 nitrogen and oxygen atoms in total. The number of carbonyl (C=O) groups excluding carboxylic acids is 1. The molecular weight excluding hydrogens is 347 g/mol. The Bertz CT molecular complexity index is 773. The van der Waals surface area contributed by atoms with Crippen LogP contribution in [0.5, 0.6) is 5.75 Å². The molecular formula is C18H20F3N3O2. The number of H-pyrrole nitrogens is 1. The third-order valence-corrected chi connectivity index (χ3v) is 4.45. The minimum atomic E-state index is -4.39. The normalized spacial score (nSPS) is 17.5. The van der Waals surface area contributed by atoms with Crippen molar-refractivity contribution in [2.24, 2.45) is 0 Å². The van der Waals surface area contributed by atoms with Crippen LogP contribution < -0.4 is 4.74 Å². The molecule has 3 rings (SSSR count). The fourth-order valence-corrected chi connectivity index (χ4v) is 3.17. The highest BCUT2D eigenvalue weighted by Crippen LogP contribution is 2.32. The van der Waals surface area contributed by atoms with Crippen molar-refractivity contribution in [3.05, 3.63) is 47.3 Å². The average molecular weight is 367 g/mol. The van der Waals surface area contributed by atoms with E-state index in [0.29, 0.717) is 6.42 Å². The van der Waals surface area contributed by atoms with Crippen molar-refractivity contribution in [1.29, 1.82) is 0 Å². The number of likely N-dealkylation sites (tertiary alicyclic amines) is 1. The lowest BCUT2D eigenvalue weighted by Crippen LogP contribution is -2.28. The maximum atomic E-state index is 12.7. The number of aromatic nitrogens is 2. The number of aromatic amines is 1. The minimum absolute atomic E-state index is 0.0121. The molecule has 140 valence electrons. The second kappa shape index (κ2) is 7.39. The Morgan fingerprint density at radius 3 is 2.92 bits per heavy atom. The first-order chi connectivity index (χ1) is 12.3. The molecule has 1 aliphatic rings. The number of rotatable bonds is 5. The van der Waals surface area contributed by atoms with Crippen LogP contribution in [-0.2, 0) is 17.4 Å². The zero-order valence-corrected chi connectivity index (χ0v) is 14.3. The summed E-state index contributed by atoms with van der Waals surface area (Å²) in [4.78, 5) is 13.5. The molecule has 1 aromatic carbocycles. The van der Waals surface area contributed by atoms with Crippen LogP contribution in [0.3, 0.4) is 0 Å². The van der Waals surface area contributed by atoms with E-state index in [1.54, 1.807) is 11.8 Å². The third kappa shape index (κ3) is 4.17. The molecule has 1 aromatic heterocycles. The van der Waals surface area contributed by atoms with Gasteiger partial charge in [0.05, 0.1) is 23.9 Å². The highest BCUT2D eigenvalue weighted by molar-refractivity contribution is 5.74. The summed E-state index contributed by atoms with van der Waals surface area (Å²) in [6.07, 6.45) is -2.08. The second-order valence-electron chi connectivity index (χ2n) is 6.31. The van der Waals surface area contributed by atoms with E-state index in [1.807, 2.05) is 6.07 Å². The molecule has 26 heavy (non-hydrogen) atoms. The van der Waals surface area contributed by atoms with Crippen LogP contribution >= 0.6 is 0 Å². The van der Waals surface area contributed by atoms with Crippen molar-refractivity contribution in [2.75, 3.05) is 13.2 Å². The fraction of sp³-hybridized carbons (Fsp3) is 0.444. The fourth-order valence-electron chi connectivity index (χ4n) is 3.17. The van der Waals surface area contributed by atoms with E-state index in [4.69, 9.17) is 4.74 Å².